The van der Waals surface area contributed by atoms with Gasteiger partial charge in [-0.2, -0.15) is 0 Å². The van der Waals surface area contributed by atoms with Crippen molar-refractivity contribution in [3.05, 3.63) is 36.3 Å². The summed E-state index contributed by atoms with van der Waals surface area (Å²) < 4.78 is 10.8. The van der Waals surface area contributed by atoms with Crippen molar-refractivity contribution in [2.75, 3.05) is 0 Å². The molecule has 2 fully saturated rings. The molecule has 0 radical (unpaired) electrons. The van der Waals surface area contributed by atoms with Gasteiger partial charge in [0.25, 0.3) is 0 Å². The molecule has 1 aromatic heterocycles. The minimum absolute atomic E-state index is 0.0122. The molecule has 0 spiro atoms. The smallest absolute Gasteiger partial charge is 0.313 e. The number of aliphatic hydroxyl groups is 1. The summed E-state index contributed by atoms with van der Waals surface area (Å²) in [5.74, 6) is -0.708. The molecule has 5 heteroatoms. The summed E-state index contributed by atoms with van der Waals surface area (Å²) >= 11 is 0. The highest BCUT2D eigenvalue weighted by Crippen LogP contribution is 2.60. The van der Waals surface area contributed by atoms with Crippen molar-refractivity contribution >= 4 is 11.8 Å². The first-order chi connectivity index (χ1) is 11.4. The number of hydrogen-bond acceptors (Lipinski definition) is 5. The summed E-state index contributed by atoms with van der Waals surface area (Å²) in [7, 11) is 0. The Labute approximate surface area is 140 Å². The molecule has 1 saturated heterocycles. The topological polar surface area (TPSA) is 76.7 Å². The lowest BCUT2D eigenvalue weighted by Crippen LogP contribution is -2.58. The van der Waals surface area contributed by atoms with Gasteiger partial charge in [-0.3, -0.25) is 9.59 Å². The van der Waals surface area contributed by atoms with Crippen molar-refractivity contribution in [1.29, 1.82) is 0 Å². The highest BCUT2D eigenvalue weighted by atomic mass is 16.5. The van der Waals surface area contributed by atoms with Crippen LogP contribution in [0, 0.1) is 22.7 Å². The van der Waals surface area contributed by atoms with E-state index < -0.39 is 11.5 Å². The predicted molar refractivity (Wildman–Crippen MR) is 84.7 cm³/mol. The molecule has 1 saturated carbocycles. The number of furan rings is 1. The molecule has 1 aliphatic heterocycles. The summed E-state index contributed by atoms with van der Waals surface area (Å²) in [6, 6.07) is 1.81. The normalized spacial score (nSPS) is 44.6. The third-order valence-electron chi connectivity index (χ3n) is 6.48. The van der Waals surface area contributed by atoms with Crippen molar-refractivity contribution in [2.45, 2.75) is 45.3 Å². The molecule has 0 bridgehead atoms. The van der Waals surface area contributed by atoms with Gasteiger partial charge in [0.05, 0.1) is 23.9 Å². The lowest BCUT2D eigenvalue weighted by molar-refractivity contribution is -0.183. The molecule has 5 nitrogen and oxygen atoms in total. The molecule has 6 atom stereocenters. The van der Waals surface area contributed by atoms with E-state index in [-0.39, 0.29) is 35.1 Å². The molecule has 0 amide bonds. The Kier molecular flexibility index (Phi) is 3.29. The van der Waals surface area contributed by atoms with Gasteiger partial charge in [-0.05, 0) is 43.6 Å². The largest absolute Gasteiger partial charge is 0.472 e. The fraction of sp³-hybridized carbons (Fsp3) is 0.579. The number of esters is 1. The molecule has 6 unspecified atom stereocenters. The molecule has 0 aromatic carbocycles. The Bertz CT molecular complexity index is 705. The summed E-state index contributed by atoms with van der Waals surface area (Å²) in [5, 5.41) is 10.0. The van der Waals surface area contributed by atoms with Crippen LogP contribution in [0.5, 0.6) is 0 Å². The van der Waals surface area contributed by atoms with Gasteiger partial charge in [-0.1, -0.05) is 19.1 Å². The third kappa shape index (κ3) is 1.97. The number of rotatable bonds is 1. The summed E-state index contributed by atoms with van der Waals surface area (Å²) in [6.45, 7) is 3.98. The number of ether oxygens (including phenoxy) is 1. The number of allylic oxidation sites excluding steroid dienone is 1. The van der Waals surface area contributed by atoms with Crippen LogP contribution in [0.3, 0.4) is 0 Å². The lowest BCUT2D eigenvalue weighted by atomic mass is 9.48. The summed E-state index contributed by atoms with van der Waals surface area (Å²) in [4.78, 5) is 25.3. The molecule has 4 rings (SSSR count). The minimum atomic E-state index is -0.906. The second-order valence-electron chi connectivity index (χ2n) is 7.82. The van der Waals surface area contributed by atoms with Crippen molar-refractivity contribution in [3.63, 3.8) is 0 Å². The quantitative estimate of drug-likeness (QED) is 0.633. The van der Waals surface area contributed by atoms with Crippen molar-refractivity contribution < 1.29 is 23.8 Å². The van der Waals surface area contributed by atoms with E-state index in [9.17, 15) is 14.7 Å². The van der Waals surface area contributed by atoms with Crippen molar-refractivity contribution in [1.82, 2.24) is 0 Å². The Hall–Kier alpha value is -1.88. The number of fused-ring (bicyclic) bond motifs is 3. The monoisotopic (exact) mass is 330 g/mol. The number of Topliss-reactive ketones (excluding diaryl/α,β-unsaturated/α-hetero) is 1. The maximum absolute atomic E-state index is 12.7. The van der Waals surface area contributed by atoms with E-state index in [0.717, 1.165) is 12.0 Å². The fourth-order valence-electron chi connectivity index (χ4n) is 5.15. The van der Waals surface area contributed by atoms with Gasteiger partial charge in [0.2, 0.25) is 0 Å². The Morgan fingerprint density at radius 3 is 2.75 bits per heavy atom. The zero-order chi connectivity index (χ0) is 17.1. The maximum Gasteiger partial charge on any atom is 0.313 e. The van der Waals surface area contributed by atoms with E-state index >= 15 is 0 Å². The highest BCUT2D eigenvalue weighted by Gasteiger charge is 2.61. The van der Waals surface area contributed by atoms with Crippen LogP contribution >= 0.6 is 0 Å². The van der Waals surface area contributed by atoms with Crippen LogP contribution in [0.4, 0.5) is 0 Å². The molecular formula is C19H22O5. The number of carbonyl (C=O) groups excluding carboxylic acids is 2. The molecule has 1 aromatic rings. The van der Waals surface area contributed by atoms with Crippen LogP contribution in [0.2, 0.25) is 0 Å². The van der Waals surface area contributed by atoms with Gasteiger partial charge >= 0.3 is 5.97 Å². The average Bonchev–Trinajstić information content (AvgIpc) is 3.05. The second-order valence-corrected chi connectivity index (χ2v) is 7.82. The van der Waals surface area contributed by atoms with Crippen LogP contribution in [0.15, 0.2) is 35.2 Å². The van der Waals surface area contributed by atoms with E-state index in [4.69, 9.17) is 9.15 Å². The van der Waals surface area contributed by atoms with Crippen LogP contribution in [-0.2, 0) is 14.3 Å². The van der Waals surface area contributed by atoms with Crippen LogP contribution in [-0.4, -0.2) is 23.0 Å². The van der Waals surface area contributed by atoms with Gasteiger partial charge in [0, 0.05) is 5.56 Å². The van der Waals surface area contributed by atoms with Crippen LogP contribution < -0.4 is 0 Å². The first kappa shape index (κ1) is 15.6. The van der Waals surface area contributed by atoms with E-state index in [2.05, 4.69) is 6.92 Å². The SMILES string of the molecule is CC12C=CC3C(=O)OC(c4ccoc4)CC3(C)C1CCC(O)C2=O. The number of aliphatic hydroxyl groups excluding tert-OH is 1. The van der Waals surface area contributed by atoms with Gasteiger partial charge in [-0.25, -0.2) is 0 Å². The van der Waals surface area contributed by atoms with Crippen LogP contribution in [0.1, 0.15) is 44.8 Å². The molecular weight excluding hydrogens is 308 g/mol. The van der Waals surface area contributed by atoms with Gasteiger partial charge in [0.1, 0.15) is 12.2 Å². The molecule has 24 heavy (non-hydrogen) atoms. The molecule has 1 N–H and O–H groups in total. The molecule has 128 valence electrons. The first-order valence-electron chi connectivity index (χ1n) is 8.50. The number of carbonyl (C=O) groups is 2. The Balaban J connectivity index is 1.76. The van der Waals surface area contributed by atoms with E-state index in [0.29, 0.717) is 12.8 Å². The van der Waals surface area contributed by atoms with Gasteiger partial charge in [0.15, 0.2) is 5.78 Å². The van der Waals surface area contributed by atoms with Crippen LogP contribution in [0.25, 0.3) is 0 Å². The second kappa shape index (κ2) is 5.06. The van der Waals surface area contributed by atoms with Gasteiger partial charge < -0.3 is 14.3 Å². The standard InChI is InChI=1S/C19H22O5/c1-18-7-5-12-17(22)24-14(11-6-8-23-10-11)9-19(12,2)15(18)4-3-13(20)16(18)21/h5-8,10,12-15,20H,3-4,9H2,1-2H3. The Morgan fingerprint density at radius 2 is 2.04 bits per heavy atom. The lowest BCUT2D eigenvalue weighted by Gasteiger charge is -2.56. The number of cyclic esters (lactones) is 1. The zero-order valence-corrected chi connectivity index (χ0v) is 13.9. The number of ketones is 1. The molecule has 3 aliphatic rings. The van der Waals surface area contributed by atoms with E-state index in [1.165, 1.54) is 0 Å². The highest BCUT2D eigenvalue weighted by molar-refractivity contribution is 5.92. The third-order valence-corrected chi connectivity index (χ3v) is 6.48. The summed E-state index contributed by atoms with van der Waals surface area (Å²) in [6.07, 6.45) is 7.41. The first-order valence-corrected chi connectivity index (χ1v) is 8.50. The molecule has 2 aliphatic carbocycles. The van der Waals surface area contributed by atoms with E-state index in [1.807, 2.05) is 25.1 Å². The summed E-state index contributed by atoms with van der Waals surface area (Å²) in [5.41, 5.74) is -0.251. The zero-order valence-electron chi connectivity index (χ0n) is 13.9. The minimum Gasteiger partial charge on any atom is -0.472 e. The fourth-order valence-corrected chi connectivity index (χ4v) is 5.15. The predicted octanol–water partition coefficient (Wildman–Crippen LogP) is 2.81. The van der Waals surface area contributed by atoms with Crippen molar-refractivity contribution in [2.24, 2.45) is 22.7 Å². The van der Waals surface area contributed by atoms with Gasteiger partial charge in [-0.15, -0.1) is 0 Å². The van der Waals surface area contributed by atoms with Crippen molar-refractivity contribution in [3.8, 4) is 0 Å². The molecule has 2 heterocycles. The maximum atomic E-state index is 12.7. The average molecular weight is 330 g/mol. The van der Waals surface area contributed by atoms with E-state index in [1.54, 1.807) is 12.5 Å². The Morgan fingerprint density at radius 1 is 1.25 bits per heavy atom. The number of hydrogen-bond donors (Lipinski definition) is 1.